The Hall–Kier alpha value is -0.570. The van der Waals surface area contributed by atoms with E-state index in [0.29, 0.717) is 6.04 Å². The molecule has 3 nitrogen and oxygen atoms in total. The molecule has 1 aliphatic carbocycles. The van der Waals surface area contributed by atoms with Crippen molar-refractivity contribution < 1.29 is 4.79 Å². The van der Waals surface area contributed by atoms with Gasteiger partial charge in [0.2, 0.25) is 5.91 Å². The van der Waals surface area contributed by atoms with E-state index in [4.69, 9.17) is 0 Å². The summed E-state index contributed by atoms with van der Waals surface area (Å²) >= 11 is 0. The van der Waals surface area contributed by atoms with Gasteiger partial charge < -0.3 is 10.6 Å². The van der Waals surface area contributed by atoms with Crippen molar-refractivity contribution in [3.8, 4) is 0 Å². The van der Waals surface area contributed by atoms with Gasteiger partial charge in [0.15, 0.2) is 0 Å². The molecule has 2 N–H and O–H groups in total. The van der Waals surface area contributed by atoms with Gasteiger partial charge in [-0.1, -0.05) is 27.2 Å². The van der Waals surface area contributed by atoms with Crippen molar-refractivity contribution in [2.24, 2.45) is 10.8 Å². The normalized spacial score (nSPS) is 36.1. The standard InChI is InChI=1S/C14H26N2O/c1-4-14(8-9-15-10-14)12(17)16-11-6-5-7-13(11,2)3/h11,15H,4-10H2,1-3H3,(H,16,17). The second kappa shape index (κ2) is 4.60. The van der Waals surface area contributed by atoms with E-state index < -0.39 is 0 Å². The number of carbonyl (C=O) groups excluding carboxylic acids is 1. The van der Waals surface area contributed by atoms with Gasteiger partial charge in [0.25, 0.3) is 0 Å². The first-order valence-electron chi connectivity index (χ1n) is 7.02. The highest BCUT2D eigenvalue weighted by molar-refractivity contribution is 5.83. The van der Waals surface area contributed by atoms with Crippen LogP contribution >= 0.6 is 0 Å². The van der Waals surface area contributed by atoms with Gasteiger partial charge in [-0.3, -0.25) is 4.79 Å². The minimum atomic E-state index is -0.140. The smallest absolute Gasteiger partial charge is 0.227 e. The van der Waals surface area contributed by atoms with Crippen LogP contribution in [-0.2, 0) is 4.79 Å². The molecule has 1 saturated carbocycles. The average molecular weight is 238 g/mol. The van der Waals surface area contributed by atoms with Crippen LogP contribution in [0.15, 0.2) is 0 Å². The van der Waals surface area contributed by atoms with Crippen molar-refractivity contribution >= 4 is 5.91 Å². The Labute approximate surface area is 105 Å². The van der Waals surface area contributed by atoms with E-state index >= 15 is 0 Å². The molecular weight excluding hydrogens is 212 g/mol. The maximum atomic E-state index is 12.5. The summed E-state index contributed by atoms with van der Waals surface area (Å²) in [5.74, 6) is 0.282. The lowest BCUT2D eigenvalue weighted by molar-refractivity contribution is -0.131. The molecule has 3 heteroatoms. The number of hydrogen-bond donors (Lipinski definition) is 2. The molecule has 98 valence electrons. The Kier molecular flexibility index (Phi) is 3.48. The van der Waals surface area contributed by atoms with Crippen LogP contribution in [0.2, 0.25) is 0 Å². The molecule has 2 rings (SSSR count). The van der Waals surface area contributed by atoms with Crippen LogP contribution in [0.25, 0.3) is 0 Å². The fourth-order valence-corrected chi connectivity index (χ4v) is 3.31. The van der Waals surface area contributed by atoms with E-state index in [2.05, 4.69) is 31.4 Å². The Morgan fingerprint density at radius 3 is 2.65 bits per heavy atom. The summed E-state index contributed by atoms with van der Waals surface area (Å²) in [5, 5.41) is 6.65. The maximum absolute atomic E-state index is 12.5. The van der Waals surface area contributed by atoms with Crippen LogP contribution in [0.4, 0.5) is 0 Å². The fourth-order valence-electron chi connectivity index (χ4n) is 3.31. The molecule has 0 radical (unpaired) electrons. The number of rotatable bonds is 3. The lowest BCUT2D eigenvalue weighted by Crippen LogP contribution is -2.49. The lowest BCUT2D eigenvalue weighted by Gasteiger charge is -2.33. The van der Waals surface area contributed by atoms with E-state index in [-0.39, 0.29) is 16.7 Å². The van der Waals surface area contributed by atoms with Crippen molar-refractivity contribution in [2.45, 2.75) is 58.9 Å². The number of carbonyl (C=O) groups is 1. The molecule has 2 fully saturated rings. The van der Waals surface area contributed by atoms with Crippen LogP contribution in [0.5, 0.6) is 0 Å². The van der Waals surface area contributed by atoms with Crippen molar-refractivity contribution in [1.82, 2.24) is 10.6 Å². The second-order valence-corrected chi connectivity index (χ2v) is 6.47. The Morgan fingerprint density at radius 2 is 2.18 bits per heavy atom. The summed E-state index contributed by atoms with van der Waals surface area (Å²) in [6, 6.07) is 0.374. The third kappa shape index (κ3) is 2.35. The van der Waals surface area contributed by atoms with Crippen molar-refractivity contribution in [3.05, 3.63) is 0 Å². The number of hydrogen-bond acceptors (Lipinski definition) is 2. The Balaban J connectivity index is 2.01. The zero-order chi connectivity index (χ0) is 12.5. The first kappa shape index (κ1) is 12.9. The van der Waals surface area contributed by atoms with Crippen LogP contribution in [0.1, 0.15) is 52.9 Å². The van der Waals surface area contributed by atoms with Crippen molar-refractivity contribution in [1.29, 1.82) is 0 Å². The van der Waals surface area contributed by atoms with E-state index in [1.807, 2.05) is 0 Å². The largest absolute Gasteiger partial charge is 0.352 e. The zero-order valence-electron chi connectivity index (χ0n) is 11.4. The van der Waals surface area contributed by atoms with E-state index in [0.717, 1.165) is 32.4 Å². The minimum Gasteiger partial charge on any atom is -0.352 e. The summed E-state index contributed by atoms with van der Waals surface area (Å²) in [5.41, 5.74) is 0.134. The van der Waals surface area contributed by atoms with Gasteiger partial charge in [-0.25, -0.2) is 0 Å². The maximum Gasteiger partial charge on any atom is 0.227 e. The summed E-state index contributed by atoms with van der Waals surface area (Å²) in [6.07, 6.45) is 5.55. The van der Waals surface area contributed by atoms with Crippen molar-refractivity contribution in [3.63, 3.8) is 0 Å². The predicted octanol–water partition coefficient (Wildman–Crippen LogP) is 2.07. The summed E-state index contributed by atoms with van der Waals surface area (Å²) in [6.45, 7) is 8.51. The highest BCUT2D eigenvalue weighted by Crippen LogP contribution is 2.38. The third-order valence-corrected chi connectivity index (χ3v) is 4.96. The monoisotopic (exact) mass is 238 g/mol. The third-order valence-electron chi connectivity index (χ3n) is 4.96. The SMILES string of the molecule is CCC1(C(=O)NC2CCCC2(C)C)CCNC1. The molecule has 2 unspecified atom stereocenters. The van der Waals surface area contributed by atoms with E-state index in [9.17, 15) is 4.79 Å². The molecule has 17 heavy (non-hydrogen) atoms. The fraction of sp³-hybridized carbons (Fsp3) is 0.929. The summed E-state index contributed by atoms with van der Waals surface area (Å²) in [4.78, 5) is 12.5. The molecule has 1 heterocycles. The van der Waals surface area contributed by atoms with Gasteiger partial charge in [-0.15, -0.1) is 0 Å². The quantitative estimate of drug-likeness (QED) is 0.790. The summed E-state index contributed by atoms with van der Waals surface area (Å²) in [7, 11) is 0. The van der Waals surface area contributed by atoms with Gasteiger partial charge in [0.1, 0.15) is 0 Å². The molecule has 0 spiro atoms. The topological polar surface area (TPSA) is 41.1 Å². The lowest BCUT2D eigenvalue weighted by atomic mass is 9.81. The molecule has 1 amide bonds. The van der Waals surface area contributed by atoms with Gasteiger partial charge in [-0.2, -0.15) is 0 Å². The van der Waals surface area contributed by atoms with E-state index in [1.54, 1.807) is 0 Å². The number of amides is 1. The highest BCUT2D eigenvalue weighted by atomic mass is 16.2. The number of nitrogens with one attached hydrogen (secondary N) is 2. The van der Waals surface area contributed by atoms with Gasteiger partial charge in [0.05, 0.1) is 5.41 Å². The van der Waals surface area contributed by atoms with Crippen LogP contribution in [0, 0.1) is 10.8 Å². The molecule has 2 aliphatic rings. The van der Waals surface area contributed by atoms with Crippen LogP contribution < -0.4 is 10.6 Å². The zero-order valence-corrected chi connectivity index (χ0v) is 11.4. The minimum absolute atomic E-state index is 0.140. The van der Waals surface area contributed by atoms with Crippen LogP contribution in [0.3, 0.4) is 0 Å². The van der Waals surface area contributed by atoms with Gasteiger partial charge in [-0.05, 0) is 37.6 Å². The first-order chi connectivity index (χ1) is 8.00. The summed E-state index contributed by atoms with van der Waals surface area (Å²) < 4.78 is 0. The Morgan fingerprint density at radius 1 is 1.41 bits per heavy atom. The van der Waals surface area contributed by atoms with Crippen LogP contribution in [-0.4, -0.2) is 25.0 Å². The molecule has 0 bridgehead atoms. The predicted molar refractivity (Wildman–Crippen MR) is 69.8 cm³/mol. The molecule has 1 aliphatic heterocycles. The molecule has 2 atom stereocenters. The van der Waals surface area contributed by atoms with E-state index in [1.165, 1.54) is 12.8 Å². The highest BCUT2D eigenvalue weighted by Gasteiger charge is 2.43. The average Bonchev–Trinajstić information content (AvgIpc) is 2.87. The second-order valence-electron chi connectivity index (χ2n) is 6.47. The molecule has 1 saturated heterocycles. The Bertz CT molecular complexity index is 293. The molecule has 0 aromatic heterocycles. The molecule has 0 aromatic rings. The van der Waals surface area contributed by atoms with Gasteiger partial charge in [0, 0.05) is 12.6 Å². The molecular formula is C14H26N2O. The van der Waals surface area contributed by atoms with Crippen molar-refractivity contribution in [2.75, 3.05) is 13.1 Å². The van der Waals surface area contributed by atoms with Gasteiger partial charge >= 0.3 is 0 Å². The molecule has 0 aromatic carbocycles. The first-order valence-corrected chi connectivity index (χ1v) is 7.02.